The van der Waals surface area contributed by atoms with Crippen molar-refractivity contribution in [3.05, 3.63) is 51.8 Å². The third-order valence-corrected chi connectivity index (χ3v) is 3.79. The van der Waals surface area contributed by atoms with Gasteiger partial charge in [0.2, 0.25) is 0 Å². The van der Waals surface area contributed by atoms with Crippen molar-refractivity contribution in [2.24, 2.45) is 7.05 Å². The van der Waals surface area contributed by atoms with Gasteiger partial charge in [-0.2, -0.15) is 5.10 Å². The van der Waals surface area contributed by atoms with Crippen LogP contribution < -0.4 is 0 Å². The molecule has 0 radical (unpaired) electrons. The number of nitrogens with zero attached hydrogens (tertiary/aromatic N) is 2. The van der Waals surface area contributed by atoms with Gasteiger partial charge >= 0.3 is 0 Å². The topological polar surface area (TPSA) is 38.0 Å². The SMILES string of the molecule is CCc1cc(C(O)c2cc(C)c(C)cc2C)n(C)n1. The third kappa shape index (κ3) is 2.56. The van der Waals surface area contributed by atoms with Crippen molar-refractivity contribution in [1.82, 2.24) is 9.78 Å². The minimum Gasteiger partial charge on any atom is -0.382 e. The van der Waals surface area contributed by atoms with Crippen molar-refractivity contribution in [2.75, 3.05) is 0 Å². The third-order valence-electron chi connectivity index (χ3n) is 3.79. The fourth-order valence-electron chi connectivity index (χ4n) is 2.41. The number of benzene rings is 1. The fraction of sp³-hybridized carbons (Fsp3) is 0.438. The Labute approximate surface area is 114 Å². The molecule has 2 aromatic rings. The van der Waals surface area contributed by atoms with Gasteiger partial charge in [-0.3, -0.25) is 4.68 Å². The van der Waals surface area contributed by atoms with E-state index in [4.69, 9.17) is 0 Å². The van der Waals surface area contributed by atoms with E-state index in [2.05, 4.69) is 38.0 Å². The van der Waals surface area contributed by atoms with Gasteiger partial charge in [0.25, 0.3) is 0 Å². The first kappa shape index (κ1) is 13.8. The highest BCUT2D eigenvalue weighted by molar-refractivity contribution is 5.40. The number of hydrogen-bond donors (Lipinski definition) is 1. The lowest BCUT2D eigenvalue weighted by Gasteiger charge is -2.16. The maximum absolute atomic E-state index is 10.6. The van der Waals surface area contributed by atoms with Crippen LogP contribution in [0.2, 0.25) is 0 Å². The van der Waals surface area contributed by atoms with Gasteiger partial charge in [-0.05, 0) is 55.5 Å². The van der Waals surface area contributed by atoms with Crippen LogP contribution in [-0.2, 0) is 13.5 Å². The highest BCUT2D eigenvalue weighted by Crippen LogP contribution is 2.27. The second-order valence-electron chi connectivity index (χ2n) is 5.23. The molecule has 1 unspecified atom stereocenters. The Morgan fingerprint density at radius 3 is 2.32 bits per heavy atom. The first-order valence-corrected chi connectivity index (χ1v) is 6.72. The molecule has 3 heteroatoms. The van der Waals surface area contributed by atoms with Crippen LogP contribution in [0.3, 0.4) is 0 Å². The van der Waals surface area contributed by atoms with Gasteiger partial charge in [-0.1, -0.05) is 19.1 Å². The average Bonchev–Trinajstić information content (AvgIpc) is 2.74. The second-order valence-corrected chi connectivity index (χ2v) is 5.23. The predicted octanol–water partition coefficient (Wildman–Crippen LogP) is 2.99. The Morgan fingerprint density at radius 2 is 1.74 bits per heavy atom. The number of aromatic nitrogens is 2. The van der Waals surface area contributed by atoms with Crippen LogP contribution in [0.1, 0.15) is 46.7 Å². The Kier molecular flexibility index (Phi) is 3.76. The molecule has 0 saturated heterocycles. The Balaban J connectivity index is 2.46. The predicted molar refractivity (Wildman–Crippen MR) is 77.3 cm³/mol. The summed E-state index contributed by atoms with van der Waals surface area (Å²) < 4.78 is 1.78. The monoisotopic (exact) mass is 258 g/mol. The smallest absolute Gasteiger partial charge is 0.121 e. The molecule has 19 heavy (non-hydrogen) atoms. The molecule has 0 fully saturated rings. The molecule has 102 valence electrons. The van der Waals surface area contributed by atoms with Crippen LogP contribution in [0.15, 0.2) is 18.2 Å². The quantitative estimate of drug-likeness (QED) is 0.919. The number of aliphatic hydroxyl groups excluding tert-OH is 1. The van der Waals surface area contributed by atoms with Crippen LogP contribution in [0.4, 0.5) is 0 Å². The number of hydrogen-bond acceptors (Lipinski definition) is 2. The zero-order chi connectivity index (χ0) is 14.2. The molecule has 0 bridgehead atoms. The molecule has 0 spiro atoms. The van der Waals surface area contributed by atoms with E-state index in [9.17, 15) is 5.11 Å². The number of aryl methyl sites for hydroxylation is 5. The van der Waals surface area contributed by atoms with Crippen molar-refractivity contribution in [1.29, 1.82) is 0 Å². The summed E-state index contributed by atoms with van der Waals surface area (Å²) in [4.78, 5) is 0. The van der Waals surface area contributed by atoms with E-state index in [-0.39, 0.29) is 0 Å². The van der Waals surface area contributed by atoms with Gasteiger partial charge in [-0.25, -0.2) is 0 Å². The standard InChI is InChI=1S/C16H22N2O/c1-6-13-9-15(18(5)17-13)16(19)14-8-11(3)10(2)7-12(14)4/h7-9,16,19H,6H2,1-5H3. The van der Waals surface area contributed by atoms with Gasteiger partial charge in [0, 0.05) is 7.05 Å². The van der Waals surface area contributed by atoms with Gasteiger partial charge in [0.15, 0.2) is 0 Å². The first-order chi connectivity index (χ1) is 8.93. The summed E-state index contributed by atoms with van der Waals surface area (Å²) in [5, 5.41) is 15.0. The Morgan fingerprint density at radius 1 is 1.11 bits per heavy atom. The number of rotatable bonds is 3. The van der Waals surface area contributed by atoms with E-state index in [1.807, 2.05) is 20.0 Å². The van der Waals surface area contributed by atoms with Gasteiger partial charge in [-0.15, -0.1) is 0 Å². The summed E-state index contributed by atoms with van der Waals surface area (Å²) in [5.41, 5.74) is 6.41. The molecule has 1 aromatic carbocycles. The molecule has 0 saturated carbocycles. The van der Waals surface area contributed by atoms with E-state index in [1.54, 1.807) is 4.68 Å². The van der Waals surface area contributed by atoms with Crippen LogP contribution >= 0.6 is 0 Å². The summed E-state index contributed by atoms with van der Waals surface area (Å²) >= 11 is 0. The molecule has 0 amide bonds. The van der Waals surface area contributed by atoms with E-state index < -0.39 is 6.10 Å². The van der Waals surface area contributed by atoms with E-state index in [0.717, 1.165) is 28.9 Å². The molecule has 1 heterocycles. The molecule has 1 aromatic heterocycles. The summed E-state index contributed by atoms with van der Waals surface area (Å²) in [6.07, 6.45) is 0.268. The molecule has 0 aliphatic rings. The molecule has 0 aliphatic carbocycles. The average molecular weight is 258 g/mol. The minimum atomic E-state index is -0.614. The fourth-order valence-corrected chi connectivity index (χ4v) is 2.41. The number of aliphatic hydroxyl groups is 1. The molecule has 1 N–H and O–H groups in total. The maximum atomic E-state index is 10.6. The lowest BCUT2D eigenvalue weighted by molar-refractivity contribution is 0.209. The molecular formula is C16H22N2O. The highest BCUT2D eigenvalue weighted by atomic mass is 16.3. The van der Waals surface area contributed by atoms with Crippen molar-refractivity contribution in [3.8, 4) is 0 Å². The normalized spacial score (nSPS) is 12.7. The Hall–Kier alpha value is -1.61. The largest absolute Gasteiger partial charge is 0.382 e. The van der Waals surface area contributed by atoms with E-state index in [0.29, 0.717) is 0 Å². The lowest BCUT2D eigenvalue weighted by atomic mass is 9.95. The summed E-state index contributed by atoms with van der Waals surface area (Å²) in [7, 11) is 1.88. The molecule has 3 nitrogen and oxygen atoms in total. The molecule has 0 aliphatic heterocycles. The van der Waals surface area contributed by atoms with Crippen molar-refractivity contribution < 1.29 is 5.11 Å². The van der Waals surface area contributed by atoms with Crippen LogP contribution in [0.5, 0.6) is 0 Å². The molecule has 2 rings (SSSR count). The zero-order valence-electron chi connectivity index (χ0n) is 12.4. The van der Waals surface area contributed by atoms with Gasteiger partial charge < -0.3 is 5.11 Å². The minimum absolute atomic E-state index is 0.614. The van der Waals surface area contributed by atoms with Crippen molar-refractivity contribution >= 4 is 0 Å². The Bertz CT molecular complexity index is 599. The zero-order valence-corrected chi connectivity index (χ0v) is 12.4. The molecule has 1 atom stereocenters. The summed E-state index contributed by atoms with van der Waals surface area (Å²) in [6, 6.07) is 6.19. The first-order valence-electron chi connectivity index (χ1n) is 6.72. The van der Waals surface area contributed by atoms with E-state index in [1.165, 1.54) is 11.1 Å². The molecular weight excluding hydrogens is 236 g/mol. The van der Waals surface area contributed by atoms with Crippen LogP contribution in [0.25, 0.3) is 0 Å². The van der Waals surface area contributed by atoms with Gasteiger partial charge in [0.1, 0.15) is 6.10 Å². The van der Waals surface area contributed by atoms with Gasteiger partial charge in [0.05, 0.1) is 11.4 Å². The van der Waals surface area contributed by atoms with Crippen LogP contribution in [0, 0.1) is 20.8 Å². The lowest BCUT2D eigenvalue weighted by Crippen LogP contribution is -2.08. The van der Waals surface area contributed by atoms with Crippen molar-refractivity contribution in [3.63, 3.8) is 0 Å². The van der Waals surface area contributed by atoms with Crippen LogP contribution in [-0.4, -0.2) is 14.9 Å². The maximum Gasteiger partial charge on any atom is 0.121 e. The van der Waals surface area contributed by atoms with Crippen molar-refractivity contribution in [2.45, 2.75) is 40.2 Å². The van der Waals surface area contributed by atoms with E-state index >= 15 is 0 Å². The summed E-state index contributed by atoms with van der Waals surface area (Å²) in [6.45, 7) is 8.28. The second kappa shape index (κ2) is 5.17. The highest BCUT2D eigenvalue weighted by Gasteiger charge is 2.18. The summed E-state index contributed by atoms with van der Waals surface area (Å²) in [5.74, 6) is 0.